The molecule has 0 aromatic carbocycles. The Morgan fingerprint density at radius 2 is 1.88 bits per heavy atom. The lowest BCUT2D eigenvalue weighted by Gasteiger charge is -2.13. The van der Waals surface area contributed by atoms with E-state index in [0.717, 1.165) is 23.4 Å². The van der Waals surface area contributed by atoms with Crippen LogP contribution in [0.2, 0.25) is 5.02 Å². The molecule has 10 nitrogen and oxygen atoms in total. The van der Waals surface area contributed by atoms with Gasteiger partial charge in [0.25, 0.3) is 5.91 Å². The van der Waals surface area contributed by atoms with Crippen LogP contribution in [0.4, 0.5) is 18.9 Å². The molecule has 0 radical (unpaired) electrons. The van der Waals surface area contributed by atoms with Crippen molar-refractivity contribution in [1.82, 2.24) is 34.7 Å². The van der Waals surface area contributed by atoms with Gasteiger partial charge in [0, 0.05) is 12.4 Å². The van der Waals surface area contributed by atoms with E-state index in [0.29, 0.717) is 4.68 Å². The van der Waals surface area contributed by atoms with E-state index in [2.05, 4.69) is 30.6 Å². The van der Waals surface area contributed by atoms with Crippen LogP contribution < -0.4 is 5.32 Å². The van der Waals surface area contributed by atoms with Gasteiger partial charge >= 0.3 is 6.18 Å². The van der Waals surface area contributed by atoms with Gasteiger partial charge in [-0.25, -0.2) is 9.67 Å². The molecule has 4 heterocycles. The number of amides is 1. The second-order valence-corrected chi connectivity index (χ2v) is 6.53. The summed E-state index contributed by atoms with van der Waals surface area (Å²) in [7, 11) is 0. The lowest BCUT2D eigenvalue weighted by Crippen LogP contribution is -2.21. The lowest BCUT2D eigenvalue weighted by molar-refractivity contribution is -0.143. The van der Waals surface area contributed by atoms with Crippen molar-refractivity contribution in [2.45, 2.75) is 6.18 Å². The number of hydrogen-bond donors (Lipinski definition) is 1. The summed E-state index contributed by atoms with van der Waals surface area (Å²) < 4.78 is 42.0. The first-order valence-corrected chi connectivity index (χ1v) is 9.00. The van der Waals surface area contributed by atoms with E-state index in [1.54, 1.807) is 0 Å². The summed E-state index contributed by atoms with van der Waals surface area (Å²) in [6.45, 7) is 0. The van der Waals surface area contributed by atoms with E-state index in [1.165, 1.54) is 30.7 Å². The van der Waals surface area contributed by atoms with Crippen LogP contribution in [0.1, 0.15) is 21.6 Å². The number of nitrogens with one attached hydrogen (secondary N) is 1. The largest absolute Gasteiger partial charge is 0.434 e. The van der Waals surface area contributed by atoms with Gasteiger partial charge in [-0.05, 0) is 12.1 Å². The number of pyridine rings is 2. The van der Waals surface area contributed by atoms with Gasteiger partial charge in [-0.2, -0.15) is 33.7 Å². The molecule has 4 rings (SSSR count). The first-order valence-electron chi connectivity index (χ1n) is 8.63. The van der Waals surface area contributed by atoms with Crippen LogP contribution in [0.25, 0.3) is 11.5 Å². The minimum Gasteiger partial charge on any atom is -0.320 e. The Kier molecular flexibility index (Phi) is 5.29. The Bertz CT molecular complexity index is 1340. The zero-order valence-electron chi connectivity index (χ0n) is 15.6. The number of nitriles is 1. The number of halogens is 4. The average Bonchev–Trinajstić information content (AvgIpc) is 3.44. The Morgan fingerprint density at radius 1 is 1.12 bits per heavy atom. The summed E-state index contributed by atoms with van der Waals surface area (Å²) >= 11 is 5.95. The van der Waals surface area contributed by atoms with Crippen molar-refractivity contribution in [3.05, 3.63) is 71.2 Å². The number of rotatable bonds is 4. The van der Waals surface area contributed by atoms with Crippen LogP contribution in [0, 0.1) is 11.3 Å². The highest BCUT2D eigenvalue weighted by Gasteiger charge is 2.41. The fourth-order valence-corrected chi connectivity index (χ4v) is 3.00. The van der Waals surface area contributed by atoms with E-state index < -0.39 is 23.3 Å². The van der Waals surface area contributed by atoms with Crippen molar-refractivity contribution in [1.29, 1.82) is 5.26 Å². The molecule has 0 aliphatic carbocycles. The van der Waals surface area contributed by atoms with Crippen LogP contribution in [-0.4, -0.2) is 40.6 Å². The molecule has 0 aliphatic heterocycles. The molecule has 0 fully saturated rings. The molecular formula is C18H9ClF3N9O. The first-order chi connectivity index (χ1) is 15.3. The lowest BCUT2D eigenvalue weighted by atomic mass is 10.2. The van der Waals surface area contributed by atoms with E-state index >= 15 is 0 Å². The molecule has 32 heavy (non-hydrogen) atoms. The maximum absolute atomic E-state index is 13.8. The standard InChI is InChI=1S/C18H9ClF3N9O/c19-13-9-24-2-1-14(13)30-15(18(20,21)22)12(8-28-30)17(32)29-11-5-10(6-23)16(25-7-11)31-26-3-4-27-31/h1-5,7-9H,(H,29,32). The van der Waals surface area contributed by atoms with E-state index in [4.69, 9.17) is 11.6 Å². The van der Waals surface area contributed by atoms with E-state index in [9.17, 15) is 23.2 Å². The molecule has 0 bridgehead atoms. The third kappa shape index (κ3) is 3.86. The second kappa shape index (κ2) is 8.08. The van der Waals surface area contributed by atoms with Crippen molar-refractivity contribution in [3.8, 4) is 17.6 Å². The normalized spacial score (nSPS) is 11.2. The van der Waals surface area contributed by atoms with Gasteiger partial charge < -0.3 is 5.32 Å². The van der Waals surface area contributed by atoms with Crippen LogP contribution in [0.3, 0.4) is 0 Å². The number of alkyl halides is 3. The Morgan fingerprint density at radius 3 is 2.53 bits per heavy atom. The first kappa shape index (κ1) is 20.9. The van der Waals surface area contributed by atoms with E-state index in [1.807, 2.05) is 6.07 Å². The zero-order valence-corrected chi connectivity index (χ0v) is 16.4. The molecule has 0 aliphatic rings. The summed E-state index contributed by atoms with van der Waals surface area (Å²) in [5.41, 5.74) is -2.19. The molecule has 160 valence electrons. The molecule has 0 saturated heterocycles. The minimum absolute atomic E-state index is 0.00527. The van der Waals surface area contributed by atoms with Crippen molar-refractivity contribution < 1.29 is 18.0 Å². The SMILES string of the molecule is N#Cc1cc(NC(=O)c2cnn(-c3ccncc3Cl)c2C(F)(F)F)cnc1-n1nccn1. The highest BCUT2D eigenvalue weighted by Crippen LogP contribution is 2.35. The number of aromatic nitrogens is 7. The fraction of sp³-hybridized carbons (Fsp3) is 0.0556. The third-order valence-electron chi connectivity index (χ3n) is 4.11. The van der Waals surface area contributed by atoms with Crippen molar-refractivity contribution >= 4 is 23.2 Å². The Labute approximate surface area is 181 Å². The smallest absolute Gasteiger partial charge is 0.320 e. The topological polar surface area (TPSA) is 127 Å². The molecule has 4 aromatic heterocycles. The maximum atomic E-state index is 13.8. The van der Waals surface area contributed by atoms with E-state index in [-0.39, 0.29) is 27.8 Å². The van der Waals surface area contributed by atoms with Crippen LogP contribution in [0.5, 0.6) is 0 Å². The van der Waals surface area contributed by atoms with Gasteiger partial charge in [0.15, 0.2) is 11.5 Å². The highest BCUT2D eigenvalue weighted by molar-refractivity contribution is 6.32. The average molecular weight is 460 g/mol. The van der Waals surface area contributed by atoms with Crippen molar-refractivity contribution in [2.75, 3.05) is 5.32 Å². The number of nitrogens with zero attached hydrogens (tertiary/aromatic N) is 8. The predicted octanol–water partition coefficient (Wildman–Crippen LogP) is 3.04. The molecule has 1 N–H and O–H groups in total. The maximum Gasteiger partial charge on any atom is 0.434 e. The van der Waals surface area contributed by atoms with Crippen LogP contribution in [0.15, 0.2) is 49.3 Å². The molecule has 0 spiro atoms. The number of carbonyl (C=O) groups is 1. The second-order valence-electron chi connectivity index (χ2n) is 6.12. The number of anilines is 1. The molecule has 1 amide bonds. The zero-order chi connectivity index (χ0) is 22.9. The van der Waals surface area contributed by atoms with Gasteiger partial charge in [-0.15, -0.1) is 4.80 Å². The van der Waals surface area contributed by atoms with Gasteiger partial charge in [0.2, 0.25) is 0 Å². The molecule has 14 heteroatoms. The summed E-state index contributed by atoms with van der Waals surface area (Å²) in [6, 6.07) is 4.34. The van der Waals surface area contributed by atoms with Gasteiger partial charge in [0.1, 0.15) is 11.6 Å². The van der Waals surface area contributed by atoms with Gasteiger partial charge in [0.05, 0.1) is 46.7 Å². The number of carbonyl (C=O) groups excluding carboxylic acids is 1. The van der Waals surface area contributed by atoms with Crippen LogP contribution >= 0.6 is 11.6 Å². The Balaban J connectivity index is 1.70. The molecule has 0 unspecified atom stereocenters. The Hall–Kier alpha value is -4.31. The molecule has 4 aromatic rings. The van der Waals surface area contributed by atoms with Crippen molar-refractivity contribution in [3.63, 3.8) is 0 Å². The fourth-order valence-electron chi connectivity index (χ4n) is 2.80. The third-order valence-corrected chi connectivity index (χ3v) is 4.41. The van der Waals surface area contributed by atoms with Crippen molar-refractivity contribution in [2.24, 2.45) is 0 Å². The summed E-state index contributed by atoms with van der Waals surface area (Å²) in [5, 5.41) is 23.0. The monoisotopic (exact) mass is 459 g/mol. The minimum atomic E-state index is -4.93. The predicted molar refractivity (Wildman–Crippen MR) is 103 cm³/mol. The summed E-state index contributed by atoms with van der Waals surface area (Å²) in [6.07, 6.45) is 2.16. The summed E-state index contributed by atoms with van der Waals surface area (Å²) in [4.78, 5) is 21.5. The molecule has 0 atom stereocenters. The summed E-state index contributed by atoms with van der Waals surface area (Å²) in [5.74, 6) is -1.02. The molecule has 0 saturated carbocycles. The highest BCUT2D eigenvalue weighted by atomic mass is 35.5. The van der Waals surface area contributed by atoms with Gasteiger partial charge in [-0.1, -0.05) is 11.6 Å². The van der Waals surface area contributed by atoms with Crippen LogP contribution in [-0.2, 0) is 6.18 Å². The quantitative estimate of drug-likeness (QED) is 0.496. The number of hydrogen-bond acceptors (Lipinski definition) is 7. The molecular weight excluding hydrogens is 451 g/mol. The van der Waals surface area contributed by atoms with Gasteiger partial charge in [-0.3, -0.25) is 9.78 Å².